The predicted molar refractivity (Wildman–Crippen MR) is 104 cm³/mol. The quantitative estimate of drug-likeness (QED) is 0.414. The average molecular weight is 424 g/mol. The van der Waals surface area contributed by atoms with Crippen molar-refractivity contribution in [2.45, 2.75) is 20.3 Å². The molecule has 1 aromatic rings. The number of aliphatic imine (C=N–C) groups is 1. The Kier molecular flexibility index (Phi) is 8.63. The summed E-state index contributed by atoms with van der Waals surface area (Å²) in [4.78, 5) is 8.82. The normalized spacial score (nSPS) is 10.6. The van der Waals surface area contributed by atoms with Gasteiger partial charge in [-0.05, 0) is 29.5 Å². The van der Waals surface area contributed by atoms with Crippen LogP contribution in [0, 0.1) is 5.41 Å². The van der Waals surface area contributed by atoms with Crippen molar-refractivity contribution in [3.8, 4) is 0 Å². The molecule has 1 rings (SSSR count). The van der Waals surface area contributed by atoms with Gasteiger partial charge in [0.15, 0.2) is 5.96 Å². The lowest BCUT2D eigenvalue weighted by Gasteiger charge is -2.27. The van der Waals surface area contributed by atoms with Crippen LogP contribution in [0.15, 0.2) is 29.3 Å². The molecule has 0 bridgehead atoms. The van der Waals surface area contributed by atoms with Gasteiger partial charge in [0.2, 0.25) is 0 Å². The largest absolute Gasteiger partial charge is 0.349 e. The van der Waals surface area contributed by atoms with E-state index in [1.807, 2.05) is 56.2 Å². The van der Waals surface area contributed by atoms with Gasteiger partial charge in [-0.2, -0.15) is 0 Å². The van der Waals surface area contributed by atoms with Gasteiger partial charge in [-0.3, -0.25) is 4.99 Å². The average Bonchev–Trinajstić information content (AvgIpc) is 2.26. The molecule has 0 N–H and O–H groups in total. The predicted octanol–water partition coefficient (Wildman–Crippen LogP) is 4.01. The third-order valence-corrected chi connectivity index (χ3v) is 3.26. The number of hydrogen-bond acceptors (Lipinski definition) is 1. The van der Waals surface area contributed by atoms with E-state index in [0.717, 1.165) is 23.9 Å². The Hall–Kier alpha value is -0.490. The topological polar surface area (TPSA) is 18.8 Å². The molecule has 5 heteroatoms. The van der Waals surface area contributed by atoms with Crippen molar-refractivity contribution in [3.63, 3.8) is 0 Å². The van der Waals surface area contributed by atoms with Crippen LogP contribution >= 0.6 is 35.6 Å². The van der Waals surface area contributed by atoms with Gasteiger partial charge in [0, 0.05) is 39.8 Å². The third kappa shape index (κ3) is 7.36. The molecule has 0 aliphatic carbocycles. The van der Waals surface area contributed by atoms with Gasteiger partial charge in [0.1, 0.15) is 0 Å². The molecule has 3 nitrogen and oxygen atoms in total. The van der Waals surface area contributed by atoms with Crippen LogP contribution in [0.1, 0.15) is 19.4 Å². The summed E-state index contributed by atoms with van der Waals surface area (Å²) in [6.45, 7) is 5.26. The Morgan fingerprint density at radius 3 is 2.19 bits per heavy atom. The summed E-state index contributed by atoms with van der Waals surface area (Å²) in [6.07, 6.45) is 0.963. The van der Waals surface area contributed by atoms with E-state index in [-0.39, 0.29) is 29.4 Å². The number of nitrogens with zero attached hydrogens (tertiary/aromatic N) is 3. The summed E-state index contributed by atoms with van der Waals surface area (Å²) in [6, 6.07) is 8.07. The molecule has 0 radical (unpaired) electrons. The van der Waals surface area contributed by atoms with Crippen molar-refractivity contribution >= 4 is 41.5 Å². The molecule has 0 aromatic heterocycles. The second kappa shape index (κ2) is 8.83. The van der Waals surface area contributed by atoms with Crippen LogP contribution in [-0.4, -0.2) is 50.5 Å². The highest BCUT2D eigenvalue weighted by Gasteiger charge is 2.19. The van der Waals surface area contributed by atoms with E-state index in [1.54, 1.807) is 0 Å². The molecular weight excluding hydrogens is 397 g/mol. The minimum atomic E-state index is 0. The zero-order valence-electron chi connectivity index (χ0n) is 13.9. The van der Waals surface area contributed by atoms with Crippen LogP contribution in [0.3, 0.4) is 0 Å². The second-order valence-corrected chi connectivity index (χ2v) is 6.81. The SMILES string of the molecule is CN(C)C(=NCC(C)(C)Cc1cccc(Cl)c1)N(C)C.I. The first-order valence-corrected chi connectivity index (χ1v) is 7.22. The lowest BCUT2D eigenvalue weighted by molar-refractivity contribution is 0.369. The van der Waals surface area contributed by atoms with Crippen molar-refractivity contribution < 1.29 is 0 Å². The van der Waals surface area contributed by atoms with Crippen molar-refractivity contribution in [1.82, 2.24) is 9.80 Å². The van der Waals surface area contributed by atoms with Gasteiger partial charge in [-0.1, -0.05) is 37.6 Å². The van der Waals surface area contributed by atoms with Crippen LogP contribution in [0.4, 0.5) is 0 Å². The molecule has 0 aliphatic heterocycles. The number of hydrogen-bond donors (Lipinski definition) is 0. The van der Waals surface area contributed by atoms with E-state index in [1.165, 1.54) is 5.56 Å². The molecule has 0 spiro atoms. The molecule has 0 saturated carbocycles. The monoisotopic (exact) mass is 423 g/mol. The summed E-state index contributed by atoms with van der Waals surface area (Å²) < 4.78 is 0. The summed E-state index contributed by atoms with van der Waals surface area (Å²) >= 11 is 6.04. The minimum absolute atomic E-state index is 0. The van der Waals surface area contributed by atoms with Gasteiger partial charge in [-0.15, -0.1) is 24.0 Å². The smallest absolute Gasteiger partial charge is 0.195 e. The second-order valence-electron chi connectivity index (χ2n) is 6.38. The maximum absolute atomic E-state index is 6.04. The highest BCUT2D eigenvalue weighted by atomic mass is 127. The lowest BCUT2D eigenvalue weighted by Crippen LogP contribution is -2.36. The van der Waals surface area contributed by atoms with E-state index >= 15 is 0 Å². The first-order valence-electron chi connectivity index (χ1n) is 6.85. The zero-order chi connectivity index (χ0) is 15.3. The molecule has 0 fully saturated rings. The van der Waals surface area contributed by atoms with Crippen molar-refractivity contribution in [2.75, 3.05) is 34.7 Å². The lowest BCUT2D eigenvalue weighted by atomic mass is 9.86. The fourth-order valence-corrected chi connectivity index (χ4v) is 2.44. The molecule has 1 aromatic carbocycles. The molecule has 0 amide bonds. The number of benzene rings is 1. The highest BCUT2D eigenvalue weighted by Crippen LogP contribution is 2.24. The minimum Gasteiger partial charge on any atom is -0.349 e. The van der Waals surface area contributed by atoms with Gasteiger partial charge in [0.05, 0.1) is 0 Å². The van der Waals surface area contributed by atoms with Crippen LogP contribution in [0.2, 0.25) is 5.02 Å². The summed E-state index contributed by atoms with van der Waals surface area (Å²) in [5.74, 6) is 0.990. The fourth-order valence-electron chi connectivity index (χ4n) is 2.22. The van der Waals surface area contributed by atoms with Gasteiger partial charge >= 0.3 is 0 Å². The van der Waals surface area contributed by atoms with Crippen molar-refractivity contribution in [2.24, 2.45) is 10.4 Å². The summed E-state index contributed by atoms with van der Waals surface area (Å²) in [7, 11) is 8.07. The molecular formula is C16H27ClIN3. The van der Waals surface area contributed by atoms with E-state index in [9.17, 15) is 0 Å². The summed E-state index contributed by atoms with van der Waals surface area (Å²) in [5.41, 5.74) is 1.36. The van der Waals surface area contributed by atoms with Crippen molar-refractivity contribution in [1.29, 1.82) is 0 Å². The highest BCUT2D eigenvalue weighted by molar-refractivity contribution is 14.0. The van der Waals surface area contributed by atoms with E-state index < -0.39 is 0 Å². The zero-order valence-corrected chi connectivity index (χ0v) is 16.9. The van der Waals surface area contributed by atoms with Crippen LogP contribution in [-0.2, 0) is 6.42 Å². The Labute approximate surface area is 151 Å². The van der Waals surface area contributed by atoms with Gasteiger partial charge in [-0.25, -0.2) is 0 Å². The van der Waals surface area contributed by atoms with E-state index in [2.05, 4.69) is 19.9 Å². The van der Waals surface area contributed by atoms with Crippen LogP contribution in [0.25, 0.3) is 0 Å². The van der Waals surface area contributed by atoms with Gasteiger partial charge in [0.25, 0.3) is 0 Å². The Balaban J connectivity index is 0.00000400. The maximum Gasteiger partial charge on any atom is 0.195 e. The molecule has 0 aliphatic rings. The molecule has 0 atom stereocenters. The molecule has 0 heterocycles. The molecule has 120 valence electrons. The van der Waals surface area contributed by atoms with E-state index in [4.69, 9.17) is 16.6 Å². The van der Waals surface area contributed by atoms with Crippen LogP contribution < -0.4 is 0 Å². The van der Waals surface area contributed by atoms with Crippen LogP contribution in [0.5, 0.6) is 0 Å². The molecule has 0 unspecified atom stereocenters. The van der Waals surface area contributed by atoms with Crippen molar-refractivity contribution in [3.05, 3.63) is 34.9 Å². The van der Waals surface area contributed by atoms with E-state index in [0.29, 0.717) is 0 Å². The maximum atomic E-state index is 6.04. The number of halogens is 2. The Morgan fingerprint density at radius 1 is 1.14 bits per heavy atom. The summed E-state index contributed by atoms with van der Waals surface area (Å²) in [5, 5.41) is 0.795. The third-order valence-electron chi connectivity index (χ3n) is 3.02. The molecule has 0 saturated heterocycles. The number of rotatable bonds is 4. The van der Waals surface area contributed by atoms with Gasteiger partial charge < -0.3 is 9.80 Å². The molecule has 21 heavy (non-hydrogen) atoms. The number of guanidine groups is 1. The first kappa shape index (κ1) is 20.5. The Bertz CT molecular complexity index is 460. The first-order chi connectivity index (χ1) is 9.21. The Morgan fingerprint density at radius 2 is 1.71 bits per heavy atom. The standard InChI is InChI=1S/C16H26ClN3.HI/c1-16(2,11-13-8-7-9-14(17)10-13)12-18-15(19(3)4)20(5)6;/h7-10H,11-12H2,1-6H3;1H. The fraction of sp³-hybridized carbons (Fsp3) is 0.562.